The highest BCUT2D eigenvalue weighted by molar-refractivity contribution is 8.01. The second-order valence-corrected chi connectivity index (χ2v) is 7.34. The van der Waals surface area contributed by atoms with Crippen LogP contribution in [0.15, 0.2) is 4.34 Å². The van der Waals surface area contributed by atoms with E-state index in [0.29, 0.717) is 11.8 Å². The fourth-order valence-corrected chi connectivity index (χ4v) is 4.17. The van der Waals surface area contributed by atoms with Crippen molar-refractivity contribution in [1.29, 1.82) is 0 Å². The van der Waals surface area contributed by atoms with E-state index < -0.39 is 11.5 Å². The molecule has 0 saturated heterocycles. The van der Waals surface area contributed by atoms with Crippen molar-refractivity contribution in [2.75, 3.05) is 5.75 Å². The van der Waals surface area contributed by atoms with E-state index in [2.05, 4.69) is 14.7 Å². The number of nitrogens with one attached hydrogen (secondary N) is 1. The van der Waals surface area contributed by atoms with Crippen molar-refractivity contribution >= 4 is 29.3 Å². The number of thioether (sulfide) groups is 1. The zero-order valence-electron chi connectivity index (χ0n) is 10.8. The van der Waals surface area contributed by atoms with Crippen LogP contribution in [0.25, 0.3) is 0 Å². The maximum Gasteiger partial charge on any atom is 0.325 e. The Hall–Kier alpha value is -0.660. The molecule has 2 fully saturated rings. The molecule has 2 saturated carbocycles. The number of hydrogen-bond acceptors (Lipinski definition) is 6. The highest BCUT2D eigenvalue weighted by atomic mass is 32.2. The molecule has 0 aliphatic heterocycles. The largest absolute Gasteiger partial charge is 0.480 e. The second kappa shape index (κ2) is 5.03. The Morgan fingerprint density at radius 1 is 1.53 bits per heavy atom. The Labute approximate surface area is 120 Å². The zero-order valence-corrected chi connectivity index (χ0v) is 12.4. The predicted molar refractivity (Wildman–Crippen MR) is 74.6 cm³/mol. The first-order valence-electron chi connectivity index (χ1n) is 6.54. The minimum Gasteiger partial charge on any atom is -0.480 e. The number of nitrogens with zero attached hydrogens (tertiary/aromatic N) is 2. The molecule has 1 unspecified atom stereocenters. The lowest BCUT2D eigenvalue weighted by Crippen LogP contribution is -2.57. The maximum atomic E-state index is 11.8. The third kappa shape index (κ3) is 2.93. The molecule has 1 atom stereocenters. The lowest BCUT2D eigenvalue weighted by Gasteiger charge is -2.30. The van der Waals surface area contributed by atoms with Gasteiger partial charge in [-0.3, -0.25) is 10.1 Å². The Morgan fingerprint density at radius 2 is 2.26 bits per heavy atom. The molecule has 1 aromatic rings. The maximum absolute atomic E-state index is 11.8. The summed E-state index contributed by atoms with van der Waals surface area (Å²) < 4.78 is 5.00. The summed E-state index contributed by atoms with van der Waals surface area (Å²) >= 11 is 2.87. The van der Waals surface area contributed by atoms with Crippen molar-refractivity contribution in [3.05, 3.63) is 5.82 Å². The van der Waals surface area contributed by atoms with Gasteiger partial charge in [-0.15, -0.1) is 0 Å². The zero-order chi connectivity index (χ0) is 13.5. The molecule has 2 N–H and O–H groups in total. The molecule has 5 nitrogen and oxygen atoms in total. The summed E-state index contributed by atoms with van der Waals surface area (Å²) in [6.45, 7) is 1.86. The molecule has 19 heavy (non-hydrogen) atoms. The van der Waals surface area contributed by atoms with Crippen molar-refractivity contribution < 1.29 is 9.90 Å². The first kappa shape index (κ1) is 13.3. The minimum absolute atomic E-state index is 0.270. The summed E-state index contributed by atoms with van der Waals surface area (Å²) in [6.07, 6.45) is 4.23. The monoisotopic (exact) mass is 299 g/mol. The third-order valence-corrected chi connectivity index (χ3v) is 5.75. The highest BCUT2D eigenvalue weighted by Gasteiger charge is 2.53. The van der Waals surface area contributed by atoms with Gasteiger partial charge in [-0.05, 0) is 50.1 Å². The molecule has 0 radical (unpaired) electrons. The normalized spacial score (nSPS) is 22.2. The molecule has 1 heterocycles. The van der Waals surface area contributed by atoms with E-state index in [9.17, 15) is 9.90 Å². The number of carbonyl (C=O) groups is 1. The number of carboxylic acids is 1. The summed E-state index contributed by atoms with van der Waals surface area (Å²) in [7, 11) is 0. The van der Waals surface area contributed by atoms with Gasteiger partial charge in [0.05, 0.1) is 0 Å². The van der Waals surface area contributed by atoms with Gasteiger partial charge in [-0.25, -0.2) is 4.98 Å². The molecule has 2 aliphatic rings. The number of carboxylic acid groups (broad SMARTS) is 1. The lowest BCUT2D eigenvalue weighted by molar-refractivity contribution is -0.145. The van der Waals surface area contributed by atoms with E-state index in [1.165, 1.54) is 23.3 Å². The van der Waals surface area contributed by atoms with Gasteiger partial charge < -0.3 is 5.11 Å². The molecular weight excluding hydrogens is 282 g/mol. The van der Waals surface area contributed by atoms with Gasteiger partial charge in [0.2, 0.25) is 0 Å². The molecule has 2 aliphatic carbocycles. The van der Waals surface area contributed by atoms with Crippen LogP contribution in [0.3, 0.4) is 0 Å². The average molecular weight is 299 g/mol. The fourth-order valence-electron chi connectivity index (χ4n) is 2.26. The standard InChI is InChI=1S/C12H17N3O2S2/c1-7-13-11(19-15-7)18-6-12(10(16)17,8-2-3-8)14-9-4-5-9/h8-9,14H,2-6H2,1H3,(H,16,17). The summed E-state index contributed by atoms with van der Waals surface area (Å²) in [4.78, 5) is 16.1. The summed E-state index contributed by atoms with van der Waals surface area (Å²) in [5.74, 6) is 0.857. The topological polar surface area (TPSA) is 75.1 Å². The van der Waals surface area contributed by atoms with Gasteiger partial charge in [-0.2, -0.15) is 4.37 Å². The van der Waals surface area contributed by atoms with E-state index in [0.717, 1.165) is 35.8 Å². The average Bonchev–Trinajstić information content (AvgIpc) is 3.25. The molecule has 1 aromatic heterocycles. The van der Waals surface area contributed by atoms with Gasteiger partial charge in [0.15, 0.2) is 4.34 Å². The van der Waals surface area contributed by atoms with Crippen molar-refractivity contribution in [2.45, 2.75) is 48.5 Å². The number of rotatable bonds is 7. The van der Waals surface area contributed by atoms with Crippen LogP contribution in [0.1, 0.15) is 31.5 Å². The molecule has 0 aromatic carbocycles. The van der Waals surface area contributed by atoms with E-state index >= 15 is 0 Å². The Balaban J connectivity index is 1.72. The Bertz CT molecular complexity index is 485. The van der Waals surface area contributed by atoms with Crippen LogP contribution < -0.4 is 5.32 Å². The molecule has 0 amide bonds. The van der Waals surface area contributed by atoms with Crippen molar-refractivity contribution in [1.82, 2.24) is 14.7 Å². The minimum atomic E-state index is -0.772. The van der Waals surface area contributed by atoms with Crippen LogP contribution in [-0.4, -0.2) is 37.8 Å². The molecule has 7 heteroatoms. The van der Waals surface area contributed by atoms with Gasteiger partial charge in [0, 0.05) is 11.8 Å². The summed E-state index contributed by atoms with van der Waals surface area (Å²) in [5, 5.41) is 13.1. The quantitative estimate of drug-likeness (QED) is 0.749. The van der Waals surface area contributed by atoms with Crippen molar-refractivity contribution in [3.63, 3.8) is 0 Å². The van der Waals surface area contributed by atoms with E-state index in [-0.39, 0.29) is 5.92 Å². The van der Waals surface area contributed by atoms with Crippen molar-refractivity contribution in [2.24, 2.45) is 5.92 Å². The Morgan fingerprint density at radius 3 is 2.74 bits per heavy atom. The molecule has 0 bridgehead atoms. The van der Waals surface area contributed by atoms with Crippen LogP contribution in [0.5, 0.6) is 0 Å². The van der Waals surface area contributed by atoms with Gasteiger partial charge in [0.25, 0.3) is 0 Å². The SMILES string of the molecule is Cc1nsc(SCC(NC2CC2)(C(=O)O)C2CC2)n1. The van der Waals surface area contributed by atoms with E-state index in [1.807, 2.05) is 6.92 Å². The Kier molecular flexibility index (Phi) is 3.53. The fraction of sp³-hybridized carbons (Fsp3) is 0.750. The number of hydrogen-bond donors (Lipinski definition) is 2. The van der Waals surface area contributed by atoms with Gasteiger partial charge in [0.1, 0.15) is 11.4 Å². The van der Waals surface area contributed by atoms with Crippen molar-refractivity contribution in [3.8, 4) is 0 Å². The van der Waals surface area contributed by atoms with Crippen LogP contribution in [0.4, 0.5) is 0 Å². The third-order valence-electron chi connectivity index (χ3n) is 3.63. The van der Waals surface area contributed by atoms with E-state index in [4.69, 9.17) is 0 Å². The smallest absolute Gasteiger partial charge is 0.325 e. The van der Waals surface area contributed by atoms with Gasteiger partial charge in [-0.1, -0.05) is 11.8 Å². The first-order valence-corrected chi connectivity index (χ1v) is 8.30. The molecular formula is C12H17N3O2S2. The number of aromatic nitrogens is 2. The predicted octanol–water partition coefficient (Wildman–Crippen LogP) is 1.92. The second-order valence-electron chi connectivity index (χ2n) is 5.37. The van der Waals surface area contributed by atoms with E-state index in [1.54, 1.807) is 0 Å². The number of aryl methyl sites for hydroxylation is 1. The lowest BCUT2D eigenvalue weighted by atomic mass is 9.95. The van der Waals surface area contributed by atoms with Gasteiger partial charge >= 0.3 is 5.97 Å². The number of aliphatic carboxylic acids is 1. The highest BCUT2D eigenvalue weighted by Crippen LogP contribution is 2.44. The van der Waals surface area contributed by atoms with Crippen LogP contribution >= 0.6 is 23.3 Å². The molecule has 0 spiro atoms. The van der Waals surface area contributed by atoms with Crippen LogP contribution in [0, 0.1) is 12.8 Å². The molecule has 3 rings (SSSR count). The van der Waals surface area contributed by atoms with Crippen LogP contribution in [-0.2, 0) is 4.79 Å². The summed E-state index contributed by atoms with van der Waals surface area (Å²) in [6, 6.07) is 0.397. The summed E-state index contributed by atoms with van der Waals surface area (Å²) in [5.41, 5.74) is -0.772. The van der Waals surface area contributed by atoms with Crippen LogP contribution in [0.2, 0.25) is 0 Å². The first-order chi connectivity index (χ1) is 9.10. The molecule has 104 valence electrons.